The predicted molar refractivity (Wildman–Crippen MR) is 122 cm³/mol. The first-order valence-corrected chi connectivity index (χ1v) is 12.7. The molecule has 160 valence electrons. The van der Waals surface area contributed by atoms with Gasteiger partial charge in [0.05, 0.1) is 21.7 Å². The van der Waals surface area contributed by atoms with Crippen molar-refractivity contribution in [3.05, 3.63) is 62.7 Å². The zero-order valence-corrected chi connectivity index (χ0v) is 18.9. The van der Waals surface area contributed by atoms with Gasteiger partial charge >= 0.3 is 4.87 Å². The van der Waals surface area contributed by atoms with E-state index in [2.05, 4.69) is 9.62 Å². The topological polar surface area (TPSA) is 71.4 Å². The Morgan fingerprint density at radius 2 is 1.87 bits per heavy atom. The molecule has 3 aromatic rings. The zero-order valence-electron chi connectivity index (χ0n) is 16.5. The van der Waals surface area contributed by atoms with Crippen LogP contribution in [0.1, 0.15) is 24.8 Å². The number of nitrogens with zero attached hydrogens (tertiary/aromatic N) is 2. The highest BCUT2D eigenvalue weighted by Gasteiger charge is 2.17. The van der Waals surface area contributed by atoms with Gasteiger partial charge in [0.2, 0.25) is 10.0 Å². The molecule has 0 spiro atoms. The molecule has 0 amide bonds. The first-order valence-electron chi connectivity index (χ1n) is 10.0. The Morgan fingerprint density at radius 3 is 2.63 bits per heavy atom. The number of hydrogen-bond acceptors (Lipinski definition) is 5. The average molecular weight is 466 g/mol. The number of sulfonamides is 1. The van der Waals surface area contributed by atoms with Crippen LogP contribution in [0.5, 0.6) is 0 Å². The smallest absolute Gasteiger partial charge is 0.303 e. The molecule has 1 aliphatic heterocycles. The lowest BCUT2D eigenvalue weighted by Gasteiger charge is -2.14. The van der Waals surface area contributed by atoms with E-state index >= 15 is 0 Å². The van der Waals surface area contributed by atoms with Crippen LogP contribution >= 0.6 is 22.9 Å². The number of fused-ring (bicyclic) bond motifs is 1. The maximum absolute atomic E-state index is 12.7. The van der Waals surface area contributed by atoms with E-state index in [0.29, 0.717) is 28.3 Å². The van der Waals surface area contributed by atoms with Crippen molar-refractivity contribution in [1.29, 1.82) is 0 Å². The fraction of sp³-hybridized carbons (Fsp3) is 0.381. The number of benzene rings is 2. The van der Waals surface area contributed by atoms with Crippen molar-refractivity contribution in [2.45, 2.75) is 30.7 Å². The second kappa shape index (κ2) is 9.20. The summed E-state index contributed by atoms with van der Waals surface area (Å²) in [5.41, 5.74) is 1.55. The van der Waals surface area contributed by atoms with Gasteiger partial charge in [-0.15, -0.1) is 0 Å². The Bertz CT molecular complexity index is 1200. The standard InChI is InChI=1S/C21H24ClN3O3S2/c22-18-7-2-1-6-16(18)15-25-19-9-8-17(14-20(19)29-21(25)26)30(27,28)23-10-5-13-24-11-3-4-12-24/h1-2,6-9,14,23H,3-5,10-13,15H2. The van der Waals surface area contributed by atoms with Crippen molar-refractivity contribution in [3.63, 3.8) is 0 Å². The van der Waals surface area contributed by atoms with Crippen molar-refractivity contribution >= 4 is 43.2 Å². The number of likely N-dealkylation sites (tertiary alicyclic amines) is 1. The number of thiazole rings is 1. The maximum atomic E-state index is 12.7. The summed E-state index contributed by atoms with van der Waals surface area (Å²) in [6, 6.07) is 12.2. The SMILES string of the molecule is O=c1sc2cc(S(=O)(=O)NCCCN3CCCC3)ccc2n1Cc1ccccc1Cl. The van der Waals surface area contributed by atoms with E-state index in [-0.39, 0.29) is 9.77 Å². The van der Waals surface area contributed by atoms with Crippen LogP contribution in [0.15, 0.2) is 52.2 Å². The third-order valence-electron chi connectivity index (χ3n) is 5.38. The van der Waals surface area contributed by atoms with Crippen molar-refractivity contribution in [2.24, 2.45) is 0 Å². The Balaban J connectivity index is 1.49. The molecular formula is C21H24ClN3O3S2. The summed E-state index contributed by atoms with van der Waals surface area (Å²) in [6.07, 6.45) is 3.23. The van der Waals surface area contributed by atoms with Crippen LogP contribution in [0.4, 0.5) is 0 Å². The normalized spacial score (nSPS) is 15.2. The van der Waals surface area contributed by atoms with Gasteiger partial charge in [-0.25, -0.2) is 13.1 Å². The summed E-state index contributed by atoms with van der Waals surface area (Å²) in [4.78, 5) is 14.9. The third-order valence-corrected chi connectivity index (χ3v) is 8.15. The summed E-state index contributed by atoms with van der Waals surface area (Å²) in [5.74, 6) is 0. The minimum atomic E-state index is -3.61. The van der Waals surface area contributed by atoms with Gasteiger partial charge in [0.25, 0.3) is 0 Å². The fourth-order valence-electron chi connectivity index (χ4n) is 3.76. The lowest BCUT2D eigenvalue weighted by Crippen LogP contribution is -2.28. The summed E-state index contributed by atoms with van der Waals surface area (Å²) < 4.78 is 30.3. The number of nitrogens with one attached hydrogen (secondary N) is 1. The van der Waals surface area contributed by atoms with Gasteiger partial charge in [-0.2, -0.15) is 0 Å². The molecule has 30 heavy (non-hydrogen) atoms. The van der Waals surface area contributed by atoms with E-state index < -0.39 is 10.0 Å². The molecular weight excluding hydrogens is 442 g/mol. The van der Waals surface area contributed by atoms with Crippen LogP contribution in [0.25, 0.3) is 10.2 Å². The van der Waals surface area contributed by atoms with E-state index in [4.69, 9.17) is 11.6 Å². The van der Waals surface area contributed by atoms with E-state index in [0.717, 1.165) is 43.0 Å². The van der Waals surface area contributed by atoms with Gasteiger partial charge in [-0.05, 0) is 68.7 Å². The highest BCUT2D eigenvalue weighted by Crippen LogP contribution is 2.24. The van der Waals surface area contributed by atoms with Gasteiger partial charge in [-0.3, -0.25) is 9.36 Å². The van der Waals surface area contributed by atoms with Crippen LogP contribution in [0, 0.1) is 0 Å². The summed E-state index contributed by atoms with van der Waals surface area (Å²) in [7, 11) is -3.61. The van der Waals surface area contributed by atoms with E-state index in [1.165, 1.54) is 12.8 Å². The van der Waals surface area contributed by atoms with Gasteiger partial charge < -0.3 is 4.90 Å². The molecule has 2 aromatic carbocycles. The lowest BCUT2D eigenvalue weighted by atomic mass is 10.2. The molecule has 0 radical (unpaired) electrons. The fourth-order valence-corrected chi connectivity index (χ4v) is 6.06. The molecule has 1 saturated heterocycles. The summed E-state index contributed by atoms with van der Waals surface area (Å²) >= 11 is 7.27. The molecule has 4 rings (SSSR count). The Kier molecular flexibility index (Phi) is 6.60. The first kappa shape index (κ1) is 21.5. The van der Waals surface area contributed by atoms with E-state index in [1.807, 2.05) is 18.2 Å². The molecule has 0 saturated carbocycles. The lowest BCUT2D eigenvalue weighted by molar-refractivity contribution is 0.334. The van der Waals surface area contributed by atoms with E-state index in [1.54, 1.807) is 28.8 Å². The van der Waals surface area contributed by atoms with Crippen molar-refractivity contribution in [1.82, 2.24) is 14.2 Å². The Hall–Kier alpha value is -1.71. The van der Waals surface area contributed by atoms with Gasteiger partial charge in [0.15, 0.2) is 0 Å². The first-order chi connectivity index (χ1) is 14.4. The van der Waals surface area contributed by atoms with Gasteiger partial charge in [-0.1, -0.05) is 41.1 Å². The Morgan fingerprint density at radius 1 is 1.10 bits per heavy atom. The molecule has 1 fully saturated rings. The molecule has 1 aliphatic rings. The van der Waals surface area contributed by atoms with E-state index in [9.17, 15) is 13.2 Å². The minimum Gasteiger partial charge on any atom is -0.303 e. The molecule has 0 unspecified atom stereocenters. The second-order valence-electron chi connectivity index (χ2n) is 7.48. The number of hydrogen-bond donors (Lipinski definition) is 1. The predicted octanol–water partition coefficient (Wildman–Crippen LogP) is 3.53. The molecule has 0 atom stereocenters. The number of aromatic nitrogens is 1. The van der Waals surface area contributed by atoms with Crippen molar-refractivity contribution < 1.29 is 8.42 Å². The summed E-state index contributed by atoms with van der Waals surface area (Å²) in [6.45, 7) is 3.87. The largest absolute Gasteiger partial charge is 0.308 e. The highest BCUT2D eigenvalue weighted by atomic mass is 35.5. The number of rotatable bonds is 8. The second-order valence-corrected chi connectivity index (χ2v) is 10.6. The zero-order chi connectivity index (χ0) is 21.1. The molecule has 1 N–H and O–H groups in total. The molecule has 0 bridgehead atoms. The quantitative estimate of drug-likeness (QED) is 0.516. The highest BCUT2D eigenvalue weighted by molar-refractivity contribution is 7.89. The number of halogens is 1. The van der Waals surface area contributed by atoms with Crippen molar-refractivity contribution in [3.8, 4) is 0 Å². The van der Waals surface area contributed by atoms with Crippen LogP contribution in [-0.2, 0) is 16.6 Å². The van der Waals surface area contributed by atoms with Gasteiger partial charge in [0, 0.05) is 11.6 Å². The average Bonchev–Trinajstić information content (AvgIpc) is 3.34. The monoisotopic (exact) mass is 465 g/mol. The van der Waals surface area contributed by atoms with Crippen LogP contribution in [0.3, 0.4) is 0 Å². The van der Waals surface area contributed by atoms with Crippen LogP contribution in [0.2, 0.25) is 5.02 Å². The molecule has 1 aromatic heterocycles. The van der Waals surface area contributed by atoms with Crippen LogP contribution < -0.4 is 9.60 Å². The minimum absolute atomic E-state index is 0.141. The maximum Gasteiger partial charge on any atom is 0.308 e. The third kappa shape index (κ3) is 4.78. The molecule has 6 nitrogen and oxygen atoms in total. The molecule has 2 heterocycles. The van der Waals surface area contributed by atoms with Crippen molar-refractivity contribution in [2.75, 3.05) is 26.2 Å². The molecule has 9 heteroatoms. The summed E-state index contributed by atoms with van der Waals surface area (Å²) in [5, 5.41) is 0.598. The van der Waals surface area contributed by atoms with Crippen LogP contribution in [-0.4, -0.2) is 44.1 Å². The molecule has 0 aliphatic carbocycles. The Labute approximate surface area is 185 Å². The van der Waals surface area contributed by atoms with Gasteiger partial charge in [0.1, 0.15) is 0 Å².